The molecule has 1 saturated heterocycles. The van der Waals surface area contributed by atoms with Crippen molar-refractivity contribution in [2.45, 2.75) is 57.6 Å². The predicted octanol–water partition coefficient (Wildman–Crippen LogP) is 0.992. The molecule has 0 bridgehead atoms. The van der Waals surface area contributed by atoms with Gasteiger partial charge in [-0.05, 0) is 32.2 Å². The number of unbranched alkanes of at least 4 members (excludes halogenated alkanes) is 1. The molecule has 0 radical (unpaired) electrons. The van der Waals surface area contributed by atoms with Crippen LogP contribution in [0.15, 0.2) is 0 Å². The standard InChI is InChI=1S/C15H30N4O3.ClH/c1-2-3-5-13(18-15(17)21)14(20)19-9-6-12(7-10-19)22-11-4-8-16;/h12-13H,2-11,16H2,1H3,(H3,17,18,21);1H. The van der Waals surface area contributed by atoms with Gasteiger partial charge in [-0.25, -0.2) is 4.79 Å². The third kappa shape index (κ3) is 8.39. The van der Waals surface area contributed by atoms with Crippen molar-refractivity contribution in [3.05, 3.63) is 0 Å². The first kappa shape index (κ1) is 21.9. The minimum atomic E-state index is -0.644. The van der Waals surface area contributed by atoms with Gasteiger partial charge in [-0.2, -0.15) is 0 Å². The number of hydrogen-bond acceptors (Lipinski definition) is 4. The van der Waals surface area contributed by atoms with Crippen LogP contribution in [0.5, 0.6) is 0 Å². The minimum absolute atomic E-state index is 0. The Kier molecular flexibility index (Phi) is 11.8. The second-order valence-corrected chi connectivity index (χ2v) is 5.74. The van der Waals surface area contributed by atoms with Crippen LogP contribution in [0, 0.1) is 0 Å². The lowest BCUT2D eigenvalue weighted by Crippen LogP contribution is -2.52. The van der Waals surface area contributed by atoms with Crippen LogP contribution >= 0.6 is 12.4 Å². The molecule has 1 heterocycles. The Bertz CT molecular complexity index is 350. The van der Waals surface area contributed by atoms with Gasteiger partial charge in [0.25, 0.3) is 0 Å². The highest BCUT2D eigenvalue weighted by Crippen LogP contribution is 2.16. The Morgan fingerprint density at radius 2 is 1.96 bits per heavy atom. The number of amides is 3. The van der Waals surface area contributed by atoms with Crippen molar-refractivity contribution in [2.24, 2.45) is 11.5 Å². The van der Waals surface area contributed by atoms with E-state index in [0.717, 1.165) is 32.1 Å². The van der Waals surface area contributed by atoms with Crippen molar-refractivity contribution in [1.29, 1.82) is 0 Å². The van der Waals surface area contributed by atoms with Crippen LogP contribution in [0.1, 0.15) is 45.4 Å². The average Bonchev–Trinajstić information content (AvgIpc) is 2.51. The summed E-state index contributed by atoms with van der Waals surface area (Å²) in [5.74, 6) is -0.0346. The van der Waals surface area contributed by atoms with Gasteiger partial charge in [-0.1, -0.05) is 19.8 Å². The molecule has 7 nitrogen and oxygen atoms in total. The van der Waals surface area contributed by atoms with E-state index in [-0.39, 0.29) is 24.4 Å². The maximum atomic E-state index is 12.5. The minimum Gasteiger partial charge on any atom is -0.378 e. The SMILES string of the molecule is CCCCC(NC(N)=O)C(=O)N1CCC(OCCCN)CC1.Cl. The van der Waals surface area contributed by atoms with Gasteiger partial charge in [-0.15, -0.1) is 12.4 Å². The third-order valence-corrected chi connectivity index (χ3v) is 3.92. The number of halogens is 1. The fraction of sp³-hybridized carbons (Fsp3) is 0.867. The van der Waals surface area contributed by atoms with Gasteiger partial charge in [0.1, 0.15) is 6.04 Å². The van der Waals surface area contributed by atoms with E-state index in [1.54, 1.807) is 4.90 Å². The van der Waals surface area contributed by atoms with Crippen molar-refractivity contribution in [3.8, 4) is 0 Å². The van der Waals surface area contributed by atoms with E-state index in [1.165, 1.54) is 0 Å². The molecule has 1 rings (SSSR count). The Morgan fingerprint density at radius 1 is 1.30 bits per heavy atom. The lowest BCUT2D eigenvalue weighted by atomic mass is 10.0. The zero-order chi connectivity index (χ0) is 16.4. The number of nitrogens with one attached hydrogen (secondary N) is 1. The summed E-state index contributed by atoms with van der Waals surface area (Å²) in [6.07, 6.45) is 5.21. The first-order valence-corrected chi connectivity index (χ1v) is 8.24. The van der Waals surface area contributed by atoms with Crippen LogP contribution in [0.4, 0.5) is 4.79 Å². The van der Waals surface area contributed by atoms with E-state index in [2.05, 4.69) is 12.2 Å². The second-order valence-electron chi connectivity index (χ2n) is 5.74. The molecule has 136 valence electrons. The number of nitrogens with two attached hydrogens (primary N) is 2. The topological polar surface area (TPSA) is 111 Å². The maximum Gasteiger partial charge on any atom is 0.312 e. The molecule has 0 saturated carbocycles. The van der Waals surface area contributed by atoms with Crippen molar-refractivity contribution >= 4 is 24.3 Å². The fourth-order valence-electron chi connectivity index (χ4n) is 2.63. The smallest absolute Gasteiger partial charge is 0.312 e. The highest BCUT2D eigenvalue weighted by Gasteiger charge is 2.28. The molecule has 1 atom stereocenters. The van der Waals surface area contributed by atoms with Gasteiger partial charge < -0.3 is 26.4 Å². The van der Waals surface area contributed by atoms with E-state index in [9.17, 15) is 9.59 Å². The molecule has 0 spiro atoms. The van der Waals surface area contributed by atoms with Crippen LogP contribution in [-0.2, 0) is 9.53 Å². The zero-order valence-corrected chi connectivity index (χ0v) is 14.8. The van der Waals surface area contributed by atoms with Crippen molar-refractivity contribution < 1.29 is 14.3 Å². The van der Waals surface area contributed by atoms with Crippen LogP contribution in [0.2, 0.25) is 0 Å². The van der Waals surface area contributed by atoms with Crippen molar-refractivity contribution in [3.63, 3.8) is 0 Å². The van der Waals surface area contributed by atoms with Crippen LogP contribution in [0.25, 0.3) is 0 Å². The Balaban J connectivity index is 0.00000484. The Morgan fingerprint density at radius 3 is 2.48 bits per heavy atom. The Labute approximate surface area is 144 Å². The van der Waals surface area contributed by atoms with E-state index in [4.69, 9.17) is 16.2 Å². The molecule has 3 amide bonds. The largest absolute Gasteiger partial charge is 0.378 e. The normalized spacial score (nSPS) is 16.5. The molecule has 23 heavy (non-hydrogen) atoms. The number of piperidine rings is 1. The van der Waals surface area contributed by atoms with Crippen LogP contribution < -0.4 is 16.8 Å². The van der Waals surface area contributed by atoms with Gasteiger partial charge in [0.05, 0.1) is 6.10 Å². The molecule has 1 fully saturated rings. The average molecular weight is 351 g/mol. The molecular weight excluding hydrogens is 320 g/mol. The van der Waals surface area contributed by atoms with Gasteiger partial charge in [-0.3, -0.25) is 4.79 Å². The summed E-state index contributed by atoms with van der Waals surface area (Å²) in [5.41, 5.74) is 10.6. The van der Waals surface area contributed by atoms with E-state index < -0.39 is 12.1 Å². The molecular formula is C15H31ClN4O3. The van der Waals surface area contributed by atoms with Crippen molar-refractivity contribution in [2.75, 3.05) is 26.2 Å². The molecule has 1 unspecified atom stereocenters. The molecule has 0 aliphatic carbocycles. The van der Waals surface area contributed by atoms with E-state index in [0.29, 0.717) is 32.7 Å². The van der Waals surface area contributed by atoms with Gasteiger partial charge in [0.15, 0.2) is 0 Å². The summed E-state index contributed by atoms with van der Waals surface area (Å²) >= 11 is 0. The molecule has 5 N–H and O–H groups in total. The van der Waals surface area contributed by atoms with E-state index in [1.807, 2.05) is 0 Å². The first-order valence-electron chi connectivity index (χ1n) is 8.24. The molecule has 8 heteroatoms. The third-order valence-electron chi connectivity index (χ3n) is 3.92. The maximum absolute atomic E-state index is 12.5. The fourth-order valence-corrected chi connectivity index (χ4v) is 2.63. The number of urea groups is 1. The monoisotopic (exact) mass is 350 g/mol. The second kappa shape index (κ2) is 12.4. The van der Waals surface area contributed by atoms with Crippen molar-refractivity contribution in [1.82, 2.24) is 10.2 Å². The number of carbonyl (C=O) groups excluding carboxylic acids is 2. The number of nitrogens with zero attached hydrogens (tertiary/aromatic N) is 1. The Hall–Kier alpha value is -1.05. The number of rotatable bonds is 9. The number of ether oxygens (including phenoxy) is 1. The molecule has 1 aliphatic rings. The summed E-state index contributed by atoms with van der Waals surface area (Å²) in [7, 11) is 0. The van der Waals surface area contributed by atoms with Gasteiger partial charge in [0.2, 0.25) is 5.91 Å². The predicted molar refractivity (Wildman–Crippen MR) is 92.5 cm³/mol. The van der Waals surface area contributed by atoms with Crippen LogP contribution in [0.3, 0.4) is 0 Å². The highest BCUT2D eigenvalue weighted by atomic mass is 35.5. The molecule has 0 aromatic carbocycles. The molecule has 0 aromatic heterocycles. The summed E-state index contributed by atoms with van der Waals surface area (Å²) in [4.78, 5) is 25.4. The highest BCUT2D eigenvalue weighted by molar-refractivity contribution is 5.86. The zero-order valence-electron chi connectivity index (χ0n) is 14.0. The number of carbonyl (C=O) groups is 2. The number of hydrogen-bond donors (Lipinski definition) is 3. The summed E-state index contributed by atoms with van der Waals surface area (Å²) in [5, 5.41) is 2.57. The number of likely N-dealkylation sites (tertiary alicyclic amines) is 1. The molecule has 0 aromatic rings. The summed E-state index contributed by atoms with van der Waals surface area (Å²) in [6, 6.07) is -1.15. The lowest BCUT2D eigenvalue weighted by Gasteiger charge is -2.34. The van der Waals surface area contributed by atoms with Crippen LogP contribution in [-0.4, -0.2) is 55.2 Å². The first-order chi connectivity index (χ1) is 10.6. The summed E-state index contributed by atoms with van der Waals surface area (Å²) < 4.78 is 5.73. The van der Waals surface area contributed by atoms with E-state index >= 15 is 0 Å². The van der Waals surface area contributed by atoms with Gasteiger partial charge in [0, 0.05) is 19.7 Å². The number of primary amides is 1. The lowest BCUT2D eigenvalue weighted by molar-refractivity contribution is -0.136. The molecule has 1 aliphatic heterocycles. The quantitative estimate of drug-likeness (QED) is 0.538. The van der Waals surface area contributed by atoms with Gasteiger partial charge >= 0.3 is 6.03 Å². The summed E-state index contributed by atoms with van der Waals surface area (Å²) in [6.45, 7) is 4.69.